The first-order valence-electron chi connectivity index (χ1n) is 10.1. The molecule has 1 saturated heterocycles. The fourth-order valence-electron chi connectivity index (χ4n) is 4.78. The summed E-state index contributed by atoms with van der Waals surface area (Å²) in [6, 6.07) is 4.06. The van der Waals surface area contributed by atoms with Crippen LogP contribution < -0.4 is 23.7 Å². The fraction of sp³-hybridized carbons (Fsp3) is 0.417. The number of rotatable bonds is 6. The molecule has 2 aromatic carbocycles. The third-order valence-electron chi connectivity index (χ3n) is 6.08. The second-order valence-electron chi connectivity index (χ2n) is 7.58. The first-order chi connectivity index (χ1) is 15.0. The maximum atomic E-state index is 6.36. The molecule has 2 atom stereocenters. The van der Waals surface area contributed by atoms with E-state index in [-0.39, 0.29) is 5.44 Å². The first kappa shape index (κ1) is 21.7. The highest BCUT2D eigenvalue weighted by molar-refractivity contribution is 8.33. The summed E-state index contributed by atoms with van der Waals surface area (Å²) in [6.45, 7) is 2.69. The zero-order chi connectivity index (χ0) is 22.3. The largest absolute Gasteiger partial charge is 0.493 e. The molecule has 168 valence electrons. The molecule has 0 N–H and O–H groups in total. The van der Waals surface area contributed by atoms with E-state index in [4.69, 9.17) is 28.4 Å². The first-order valence-corrected chi connectivity index (χ1v) is 12.4. The van der Waals surface area contributed by atoms with E-state index >= 15 is 0 Å². The van der Waals surface area contributed by atoms with Crippen molar-refractivity contribution in [1.29, 1.82) is 0 Å². The van der Waals surface area contributed by atoms with Gasteiger partial charge >= 0.3 is 0 Å². The van der Waals surface area contributed by atoms with Crippen LogP contribution in [0.2, 0.25) is 0 Å². The van der Waals surface area contributed by atoms with E-state index < -0.39 is 10.0 Å². The van der Waals surface area contributed by atoms with Gasteiger partial charge in [0, 0.05) is 27.3 Å². The topological polar surface area (TPSA) is 55.4 Å². The van der Waals surface area contributed by atoms with Gasteiger partial charge < -0.3 is 28.4 Å². The quantitative estimate of drug-likeness (QED) is 0.603. The van der Waals surface area contributed by atoms with Crippen LogP contribution >= 0.6 is 10.0 Å². The third kappa shape index (κ3) is 2.97. The Bertz CT molecular complexity index is 1050. The van der Waals surface area contributed by atoms with E-state index in [0.29, 0.717) is 23.9 Å². The summed E-state index contributed by atoms with van der Waals surface area (Å²) in [5.74, 6) is 4.25. The van der Waals surface area contributed by atoms with Crippen molar-refractivity contribution in [3.8, 4) is 39.9 Å². The van der Waals surface area contributed by atoms with E-state index in [1.165, 1.54) is 0 Å². The van der Waals surface area contributed by atoms with Gasteiger partial charge in [-0.15, -0.1) is 0 Å². The van der Waals surface area contributed by atoms with Crippen LogP contribution in [0.4, 0.5) is 0 Å². The van der Waals surface area contributed by atoms with Gasteiger partial charge in [0.25, 0.3) is 0 Å². The van der Waals surface area contributed by atoms with Crippen LogP contribution in [0.1, 0.15) is 23.5 Å². The number of fused-ring (bicyclic) bond motifs is 6. The van der Waals surface area contributed by atoms with Gasteiger partial charge in [0.15, 0.2) is 23.0 Å². The minimum Gasteiger partial charge on any atom is -0.493 e. The molecule has 4 rings (SSSR count). The van der Waals surface area contributed by atoms with Gasteiger partial charge in [-0.3, -0.25) is 0 Å². The molecule has 31 heavy (non-hydrogen) atoms. The van der Waals surface area contributed by atoms with Crippen molar-refractivity contribution in [1.82, 2.24) is 0 Å². The molecular formula is C24H30O6S. The molecule has 0 saturated carbocycles. The highest BCUT2D eigenvalue weighted by atomic mass is 32.3. The summed E-state index contributed by atoms with van der Waals surface area (Å²) in [7, 11) is 6.88. The van der Waals surface area contributed by atoms with Gasteiger partial charge in [-0.2, -0.15) is 10.0 Å². The molecule has 7 heteroatoms. The minimum absolute atomic E-state index is 0.0943. The smallest absolute Gasteiger partial charge is 0.203 e. The number of allylic oxidation sites excluding steroid dienone is 1. The van der Waals surface area contributed by atoms with Gasteiger partial charge in [-0.25, -0.2) is 0 Å². The third-order valence-corrected chi connectivity index (χ3v) is 9.75. The number of hydrogen-bond donors (Lipinski definition) is 0. The Morgan fingerprint density at radius 3 is 2.10 bits per heavy atom. The summed E-state index contributed by atoms with van der Waals surface area (Å²) in [6.07, 6.45) is 6.44. The van der Waals surface area contributed by atoms with Crippen molar-refractivity contribution < 1.29 is 28.4 Å². The number of hydrogen-bond acceptors (Lipinski definition) is 6. The Hall–Kier alpha value is -2.51. The van der Waals surface area contributed by atoms with E-state index in [2.05, 4.69) is 12.3 Å². The van der Waals surface area contributed by atoms with E-state index in [9.17, 15) is 0 Å². The Morgan fingerprint density at radius 2 is 1.52 bits per heavy atom. The Kier molecular flexibility index (Phi) is 5.75. The molecule has 6 nitrogen and oxygen atoms in total. The number of methoxy groups -OCH3 is 5. The standard InChI is InChI=1S/C24H30O6S/c1-8-9-14-12-16(25-2)21(28-5)23-18(14)19-15(24-30-10-11-31(23,24)7)13-17(26-3)20(27-4)22(19)29-6/h8-9,12-13,24H,10-11H2,1-7H3/b9-8-. The molecule has 2 aromatic rings. The number of benzene rings is 2. The van der Waals surface area contributed by atoms with Crippen LogP contribution in [0.3, 0.4) is 0 Å². The molecule has 0 aliphatic carbocycles. The minimum atomic E-state index is -1.42. The zero-order valence-electron chi connectivity index (χ0n) is 19.2. The van der Waals surface area contributed by atoms with Crippen molar-refractivity contribution >= 4 is 16.1 Å². The highest BCUT2D eigenvalue weighted by Crippen LogP contribution is 2.77. The van der Waals surface area contributed by atoms with Crippen molar-refractivity contribution in [3.05, 3.63) is 29.3 Å². The summed E-state index contributed by atoms with van der Waals surface area (Å²) in [5, 5.41) is 0. The monoisotopic (exact) mass is 446 g/mol. The molecule has 0 spiro atoms. The van der Waals surface area contributed by atoms with Crippen molar-refractivity contribution in [2.75, 3.05) is 54.2 Å². The normalized spacial score (nSPS) is 23.4. The van der Waals surface area contributed by atoms with Gasteiger partial charge in [-0.05, 0) is 30.9 Å². The van der Waals surface area contributed by atoms with Crippen LogP contribution in [0.5, 0.6) is 28.7 Å². The van der Waals surface area contributed by atoms with E-state index in [1.807, 2.05) is 25.1 Å². The molecule has 2 aliphatic rings. The molecule has 0 bridgehead atoms. The molecule has 0 amide bonds. The maximum absolute atomic E-state index is 6.36. The SMILES string of the molecule is C/C=C\c1cc(OC)c(OC)c2c1-c1c(cc(OC)c(OC)c1OC)C1OCCS21C. The van der Waals surface area contributed by atoms with Crippen molar-refractivity contribution in [2.45, 2.75) is 17.3 Å². The lowest BCUT2D eigenvalue weighted by atomic mass is 9.92. The average Bonchev–Trinajstić information content (AvgIpc) is 3.19. The Balaban J connectivity index is 2.24. The lowest BCUT2D eigenvalue weighted by molar-refractivity contribution is 0.143. The van der Waals surface area contributed by atoms with Gasteiger partial charge in [0.05, 0.1) is 42.2 Å². The molecule has 1 fully saturated rings. The summed E-state index contributed by atoms with van der Waals surface area (Å²) in [5.41, 5.74) is 4.06. The molecule has 0 aromatic heterocycles. The predicted octanol–water partition coefficient (Wildman–Crippen LogP) is 5.27. The van der Waals surface area contributed by atoms with Gasteiger partial charge in [0.1, 0.15) is 5.44 Å². The highest BCUT2D eigenvalue weighted by Gasteiger charge is 2.49. The summed E-state index contributed by atoms with van der Waals surface area (Å²) >= 11 is 0. The zero-order valence-corrected chi connectivity index (χ0v) is 20.0. The lowest BCUT2D eigenvalue weighted by Gasteiger charge is -2.44. The Labute approximate surface area is 185 Å². The second kappa shape index (κ2) is 8.20. The molecule has 0 radical (unpaired) electrons. The van der Waals surface area contributed by atoms with Crippen molar-refractivity contribution in [2.24, 2.45) is 0 Å². The second-order valence-corrected chi connectivity index (χ2v) is 11.1. The van der Waals surface area contributed by atoms with E-state index in [0.717, 1.165) is 44.4 Å². The van der Waals surface area contributed by atoms with Crippen LogP contribution in [-0.4, -0.2) is 54.2 Å². The lowest BCUT2D eigenvalue weighted by Crippen LogP contribution is -2.18. The molecule has 2 unspecified atom stereocenters. The van der Waals surface area contributed by atoms with Crippen molar-refractivity contribution in [3.63, 3.8) is 0 Å². The predicted molar refractivity (Wildman–Crippen MR) is 125 cm³/mol. The Morgan fingerprint density at radius 1 is 0.871 bits per heavy atom. The summed E-state index contributed by atoms with van der Waals surface area (Å²) < 4.78 is 35.4. The molecular weight excluding hydrogens is 416 g/mol. The van der Waals surface area contributed by atoms with Crippen LogP contribution in [0.25, 0.3) is 17.2 Å². The van der Waals surface area contributed by atoms with Gasteiger partial charge in [-0.1, -0.05) is 12.2 Å². The van der Waals surface area contributed by atoms with Crippen LogP contribution in [-0.2, 0) is 4.74 Å². The average molecular weight is 447 g/mol. The summed E-state index contributed by atoms with van der Waals surface area (Å²) in [4.78, 5) is 1.16. The van der Waals surface area contributed by atoms with E-state index in [1.54, 1.807) is 35.5 Å². The van der Waals surface area contributed by atoms with Gasteiger partial charge in [0.2, 0.25) is 5.75 Å². The fourth-order valence-corrected chi connectivity index (χ4v) is 8.29. The van der Waals surface area contributed by atoms with Crippen LogP contribution in [0.15, 0.2) is 23.1 Å². The maximum Gasteiger partial charge on any atom is 0.203 e. The molecule has 2 heterocycles. The number of ether oxygens (including phenoxy) is 6. The molecule has 2 aliphatic heterocycles. The van der Waals surface area contributed by atoms with Crippen LogP contribution in [0, 0.1) is 0 Å².